The molecule has 0 saturated carbocycles. The van der Waals surface area contributed by atoms with E-state index in [0.717, 1.165) is 25.9 Å². The molecule has 2 rings (SSSR count). The molecule has 98 valence electrons. The van der Waals surface area contributed by atoms with E-state index >= 15 is 0 Å². The van der Waals surface area contributed by atoms with E-state index in [2.05, 4.69) is 15.5 Å². The van der Waals surface area contributed by atoms with Gasteiger partial charge in [-0.1, -0.05) is 6.42 Å². The van der Waals surface area contributed by atoms with Gasteiger partial charge in [0.15, 0.2) is 0 Å². The first kappa shape index (κ1) is 12.8. The van der Waals surface area contributed by atoms with Crippen LogP contribution < -0.4 is 10.6 Å². The van der Waals surface area contributed by atoms with Crippen molar-refractivity contribution in [3.63, 3.8) is 0 Å². The van der Waals surface area contributed by atoms with Gasteiger partial charge < -0.3 is 10.6 Å². The van der Waals surface area contributed by atoms with E-state index in [1.807, 2.05) is 0 Å². The molecular weight excluding hydrogens is 214 g/mol. The number of carbonyl (C=O) groups excluding carboxylic acids is 1. The summed E-state index contributed by atoms with van der Waals surface area (Å²) in [7, 11) is 1.74. The molecule has 4 heteroatoms. The second-order valence-corrected chi connectivity index (χ2v) is 5.24. The van der Waals surface area contributed by atoms with E-state index < -0.39 is 0 Å². The zero-order chi connectivity index (χ0) is 12.1. The molecule has 2 N–H and O–H groups in total. The lowest BCUT2D eigenvalue weighted by molar-refractivity contribution is -0.125. The van der Waals surface area contributed by atoms with Crippen LogP contribution in [0.3, 0.4) is 0 Å². The minimum Gasteiger partial charge on any atom is -0.358 e. The highest BCUT2D eigenvalue weighted by Gasteiger charge is 2.30. The van der Waals surface area contributed by atoms with Crippen LogP contribution in [0.5, 0.6) is 0 Å². The van der Waals surface area contributed by atoms with E-state index in [0.29, 0.717) is 6.04 Å². The van der Waals surface area contributed by atoms with Crippen molar-refractivity contribution >= 4 is 5.91 Å². The fourth-order valence-corrected chi connectivity index (χ4v) is 3.05. The van der Waals surface area contributed by atoms with Gasteiger partial charge in [-0.2, -0.15) is 0 Å². The lowest BCUT2D eigenvalue weighted by Crippen LogP contribution is -2.44. The van der Waals surface area contributed by atoms with E-state index in [1.165, 1.54) is 32.2 Å². The summed E-state index contributed by atoms with van der Waals surface area (Å²) in [5.41, 5.74) is 0. The molecule has 2 unspecified atom stereocenters. The molecule has 0 aliphatic carbocycles. The van der Waals surface area contributed by atoms with E-state index in [9.17, 15) is 4.79 Å². The zero-order valence-corrected chi connectivity index (χ0v) is 10.9. The molecule has 1 amide bonds. The highest BCUT2D eigenvalue weighted by molar-refractivity contribution is 5.81. The Labute approximate surface area is 104 Å². The highest BCUT2D eigenvalue weighted by atomic mass is 16.2. The highest BCUT2D eigenvalue weighted by Crippen LogP contribution is 2.19. The van der Waals surface area contributed by atoms with Crippen LogP contribution in [0.1, 0.15) is 38.5 Å². The first-order valence-electron chi connectivity index (χ1n) is 7.00. The van der Waals surface area contributed by atoms with Crippen LogP contribution in [-0.4, -0.2) is 49.6 Å². The Hall–Kier alpha value is -0.610. The quantitative estimate of drug-likeness (QED) is 0.760. The smallest absolute Gasteiger partial charge is 0.237 e. The maximum atomic E-state index is 11.7. The van der Waals surface area contributed by atoms with Crippen LogP contribution in [0.25, 0.3) is 0 Å². The molecule has 0 radical (unpaired) electrons. The van der Waals surface area contributed by atoms with Crippen LogP contribution in [0, 0.1) is 0 Å². The van der Waals surface area contributed by atoms with Crippen molar-refractivity contribution in [3.05, 3.63) is 0 Å². The fourth-order valence-electron chi connectivity index (χ4n) is 3.05. The summed E-state index contributed by atoms with van der Waals surface area (Å²) in [5, 5.41) is 6.35. The number of nitrogens with zero attached hydrogens (tertiary/aromatic N) is 1. The molecule has 4 nitrogen and oxygen atoms in total. The largest absolute Gasteiger partial charge is 0.358 e. The van der Waals surface area contributed by atoms with E-state index in [-0.39, 0.29) is 11.9 Å². The van der Waals surface area contributed by atoms with Gasteiger partial charge in [0.2, 0.25) is 5.91 Å². The van der Waals surface area contributed by atoms with Crippen molar-refractivity contribution in [2.24, 2.45) is 0 Å². The number of hydrogen-bond acceptors (Lipinski definition) is 3. The first-order valence-corrected chi connectivity index (χ1v) is 7.00. The molecular formula is C13H25N3O. The molecule has 2 aliphatic rings. The lowest BCUT2D eigenvalue weighted by Gasteiger charge is -2.28. The number of hydrogen-bond donors (Lipinski definition) is 2. The monoisotopic (exact) mass is 239 g/mol. The van der Waals surface area contributed by atoms with E-state index in [4.69, 9.17) is 0 Å². The predicted octanol–water partition coefficient (Wildman–Crippen LogP) is 0.729. The van der Waals surface area contributed by atoms with Gasteiger partial charge in [0.05, 0.1) is 6.04 Å². The van der Waals surface area contributed by atoms with Gasteiger partial charge in [-0.25, -0.2) is 0 Å². The number of amides is 1. The summed E-state index contributed by atoms with van der Waals surface area (Å²) in [6.07, 6.45) is 7.36. The summed E-state index contributed by atoms with van der Waals surface area (Å²) in [4.78, 5) is 14.1. The molecule has 2 heterocycles. The number of carbonyl (C=O) groups is 1. The number of nitrogens with one attached hydrogen (secondary N) is 2. The third kappa shape index (κ3) is 3.42. The van der Waals surface area contributed by atoms with Gasteiger partial charge in [0, 0.05) is 19.6 Å². The van der Waals surface area contributed by atoms with Crippen LogP contribution >= 0.6 is 0 Å². The van der Waals surface area contributed by atoms with Gasteiger partial charge in [0.25, 0.3) is 0 Å². The predicted molar refractivity (Wildman–Crippen MR) is 68.9 cm³/mol. The molecule has 17 heavy (non-hydrogen) atoms. The Morgan fingerprint density at radius 3 is 2.94 bits per heavy atom. The Morgan fingerprint density at radius 1 is 1.35 bits per heavy atom. The minimum absolute atomic E-state index is 0.128. The average Bonchev–Trinajstić information content (AvgIpc) is 2.85. The Balaban J connectivity index is 1.75. The maximum absolute atomic E-state index is 11.7. The average molecular weight is 239 g/mol. The molecule has 2 aliphatic heterocycles. The number of rotatable bonds is 4. The third-order valence-electron chi connectivity index (χ3n) is 4.09. The normalized spacial score (nSPS) is 30.4. The molecule has 2 atom stereocenters. The van der Waals surface area contributed by atoms with Gasteiger partial charge in [-0.3, -0.25) is 9.69 Å². The standard InChI is InChI=1S/C13H25N3O/c1-14-13(17)12-6-4-9-16(12)10-7-11-5-2-3-8-15-11/h11-12,15H,2-10H2,1H3,(H,14,17). The van der Waals surface area contributed by atoms with Gasteiger partial charge >= 0.3 is 0 Å². The third-order valence-corrected chi connectivity index (χ3v) is 4.09. The van der Waals surface area contributed by atoms with Crippen LogP contribution in [0.15, 0.2) is 0 Å². The van der Waals surface area contributed by atoms with Gasteiger partial charge in [-0.15, -0.1) is 0 Å². The lowest BCUT2D eigenvalue weighted by atomic mass is 10.0. The second-order valence-electron chi connectivity index (χ2n) is 5.24. The van der Waals surface area contributed by atoms with Crippen molar-refractivity contribution in [2.45, 2.75) is 50.6 Å². The first-order chi connectivity index (χ1) is 8.31. The summed E-state index contributed by atoms with van der Waals surface area (Å²) in [6.45, 7) is 3.32. The molecule has 0 spiro atoms. The number of likely N-dealkylation sites (tertiary alicyclic amines) is 1. The van der Waals surface area contributed by atoms with Crippen molar-refractivity contribution < 1.29 is 4.79 Å². The van der Waals surface area contributed by atoms with Crippen molar-refractivity contribution in [2.75, 3.05) is 26.7 Å². The second kappa shape index (κ2) is 6.36. The van der Waals surface area contributed by atoms with Gasteiger partial charge in [-0.05, 0) is 45.2 Å². The van der Waals surface area contributed by atoms with Crippen LogP contribution in [-0.2, 0) is 4.79 Å². The molecule has 0 aromatic rings. The summed E-state index contributed by atoms with van der Waals surface area (Å²) in [5.74, 6) is 0.194. The van der Waals surface area contributed by atoms with Crippen molar-refractivity contribution in [1.29, 1.82) is 0 Å². The van der Waals surface area contributed by atoms with Crippen LogP contribution in [0.4, 0.5) is 0 Å². The summed E-state index contributed by atoms with van der Waals surface area (Å²) < 4.78 is 0. The van der Waals surface area contributed by atoms with Crippen molar-refractivity contribution in [3.8, 4) is 0 Å². The number of piperidine rings is 1. The van der Waals surface area contributed by atoms with Crippen molar-refractivity contribution in [1.82, 2.24) is 15.5 Å². The summed E-state index contributed by atoms with van der Waals surface area (Å²) in [6, 6.07) is 0.804. The zero-order valence-electron chi connectivity index (χ0n) is 10.9. The Bertz CT molecular complexity index is 251. The number of likely N-dealkylation sites (N-methyl/N-ethyl adjacent to an activating group) is 1. The van der Waals surface area contributed by atoms with Gasteiger partial charge in [0.1, 0.15) is 0 Å². The molecule has 0 aromatic heterocycles. The minimum atomic E-state index is 0.128. The SMILES string of the molecule is CNC(=O)C1CCCN1CCC1CCCCN1. The molecule has 0 aromatic carbocycles. The Kier molecular flexibility index (Phi) is 4.80. The molecule has 0 bridgehead atoms. The summed E-state index contributed by atoms with van der Waals surface area (Å²) >= 11 is 0. The fraction of sp³-hybridized carbons (Fsp3) is 0.923. The van der Waals surface area contributed by atoms with Crippen LogP contribution in [0.2, 0.25) is 0 Å². The molecule has 2 saturated heterocycles. The molecule has 2 fully saturated rings. The Morgan fingerprint density at radius 2 is 2.24 bits per heavy atom. The topological polar surface area (TPSA) is 44.4 Å². The maximum Gasteiger partial charge on any atom is 0.237 e. The van der Waals surface area contributed by atoms with E-state index in [1.54, 1.807) is 7.05 Å².